The van der Waals surface area contributed by atoms with Gasteiger partial charge in [-0.25, -0.2) is 8.78 Å². The molecule has 0 aliphatic heterocycles. The monoisotopic (exact) mass is 958 g/mol. The Morgan fingerprint density at radius 1 is 0.270 bits per heavy atom. The minimum atomic E-state index is -0.256. The van der Waals surface area contributed by atoms with Gasteiger partial charge in [-0.05, 0) is 188 Å². The molecule has 4 nitrogen and oxygen atoms in total. The van der Waals surface area contributed by atoms with Crippen molar-refractivity contribution in [3.05, 3.63) is 278 Å². The molecule has 0 amide bonds. The van der Waals surface area contributed by atoms with Gasteiger partial charge in [0, 0.05) is 67.0 Å². The first kappa shape index (κ1) is 44.4. The van der Waals surface area contributed by atoms with Gasteiger partial charge in [-0.3, -0.25) is 0 Å². The minimum absolute atomic E-state index is 0.256. The molecule has 2 aromatic heterocycles. The Morgan fingerprint density at radius 2 is 0.635 bits per heavy atom. The fourth-order valence-corrected chi connectivity index (χ4v) is 10.7. The van der Waals surface area contributed by atoms with Crippen LogP contribution >= 0.6 is 0 Å². The lowest BCUT2D eigenvalue weighted by Gasteiger charge is -2.26. The maximum absolute atomic E-state index is 14.1. The SMILES string of the molecule is Cc1ccc(N(c2ccc(-c3cccc(-c4cccc(N(c5ccc(C)cc5)c5ccc6c(c5)c5ccccc5n6-c5ccc(F)cc5)c4)c3)cc2)c2ccc3c(c2)c2ccccc2n3-c2ccc(F)cc2)cc1. The molecule has 0 fully saturated rings. The van der Waals surface area contributed by atoms with Crippen molar-refractivity contribution >= 4 is 77.7 Å². The van der Waals surface area contributed by atoms with Gasteiger partial charge in [0.2, 0.25) is 0 Å². The number of aromatic nitrogens is 2. The Bertz CT molecular complexity index is 4210. The summed E-state index contributed by atoms with van der Waals surface area (Å²) in [6.45, 7) is 4.23. The number of nitrogens with zero attached hydrogens (tertiary/aromatic N) is 4. The van der Waals surface area contributed by atoms with Gasteiger partial charge < -0.3 is 18.9 Å². The van der Waals surface area contributed by atoms with Crippen molar-refractivity contribution in [2.75, 3.05) is 9.80 Å². The molecule has 13 rings (SSSR count). The van der Waals surface area contributed by atoms with E-state index in [1.165, 1.54) is 35.4 Å². The Balaban J connectivity index is 0.856. The van der Waals surface area contributed by atoms with Crippen LogP contribution in [0, 0.1) is 25.5 Å². The van der Waals surface area contributed by atoms with E-state index < -0.39 is 0 Å². The Morgan fingerprint density at radius 3 is 1.12 bits per heavy atom. The molecule has 0 saturated heterocycles. The number of halogens is 2. The van der Waals surface area contributed by atoms with Crippen molar-refractivity contribution in [2.45, 2.75) is 13.8 Å². The normalized spacial score (nSPS) is 11.5. The average Bonchev–Trinajstić information content (AvgIpc) is 4.00. The zero-order valence-corrected chi connectivity index (χ0v) is 40.8. The molecule has 0 saturated carbocycles. The van der Waals surface area contributed by atoms with Gasteiger partial charge in [-0.2, -0.15) is 0 Å². The van der Waals surface area contributed by atoms with Crippen LogP contribution in [0.15, 0.2) is 255 Å². The van der Waals surface area contributed by atoms with Crippen LogP contribution in [0.5, 0.6) is 0 Å². The molecule has 0 unspecified atom stereocenters. The lowest BCUT2D eigenvalue weighted by molar-refractivity contribution is 0.627. The Hall–Kier alpha value is -9.52. The summed E-state index contributed by atoms with van der Waals surface area (Å²) in [6.07, 6.45) is 0. The zero-order chi connectivity index (χ0) is 49.9. The van der Waals surface area contributed by atoms with E-state index in [0.717, 1.165) is 111 Å². The third kappa shape index (κ3) is 7.94. The first-order valence-electron chi connectivity index (χ1n) is 24.9. The van der Waals surface area contributed by atoms with Gasteiger partial charge in [0.05, 0.1) is 22.1 Å². The van der Waals surface area contributed by atoms with Gasteiger partial charge in [0.1, 0.15) is 11.6 Å². The Kier molecular flexibility index (Phi) is 11.0. The highest BCUT2D eigenvalue weighted by atomic mass is 19.1. The second kappa shape index (κ2) is 18.3. The largest absolute Gasteiger partial charge is 0.310 e. The molecular formula is C68H48F2N4. The summed E-state index contributed by atoms with van der Waals surface area (Å²) in [5.74, 6) is -0.512. The molecule has 0 atom stereocenters. The van der Waals surface area contributed by atoms with Gasteiger partial charge in [0.15, 0.2) is 0 Å². The number of anilines is 6. The molecule has 0 aliphatic rings. The van der Waals surface area contributed by atoms with Gasteiger partial charge in [0.25, 0.3) is 0 Å². The lowest BCUT2D eigenvalue weighted by atomic mass is 9.98. The predicted octanol–water partition coefficient (Wildman–Crippen LogP) is 19.0. The van der Waals surface area contributed by atoms with Crippen LogP contribution in [-0.2, 0) is 0 Å². The van der Waals surface area contributed by atoms with Crippen LogP contribution in [0.2, 0.25) is 0 Å². The first-order chi connectivity index (χ1) is 36.3. The van der Waals surface area contributed by atoms with Crippen LogP contribution in [0.3, 0.4) is 0 Å². The topological polar surface area (TPSA) is 16.3 Å². The fourth-order valence-electron chi connectivity index (χ4n) is 10.7. The molecule has 354 valence electrons. The molecule has 13 aromatic rings. The summed E-state index contributed by atoms with van der Waals surface area (Å²) in [4.78, 5) is 4.64. The number of benzene rings is 11. The van der Waals surface area contributed by atoms with Gasteiger partial charge >= 0.3 is 0 Å². The third-order valence-corrected chi connectivity index (χ3v) is 14.3. The molecule has 0 radical (unpaired) electrons. The van der Waals surface area contributed by atoms with Crippen molar-refractivity contribution in [3.8, 4) is 33.6 Å². The molecule has 0 N–H and O–H groups in total. The lowest BCUT2D eigenvalue weighted by Crippen LogP contribution is -2.10. The van der Waals surface area contributed by atoms with Crippen molar-refractivity contribution in [3.63, 3.8) is 0 Å². The smallest absolute Gasteiger partial charge is 0.123 e. The van der Waals surface area contributed by atoms with Crippen molar-refractivity contribution in [2.24, 2.45) is 0 Å². The summed E-state index contributed by atoms with van der Waals surface area (Å²) in [5, 5.41) is 4.49. The van der Waals surface area contributed by atoms with Crippen molar-refractivity contribution in [1.82, 2.24) is 9.13 Å². The summed E-state index contributed by atoms with van der Waals surface area (Å²) >= 11 is 0. The summed E-state index contributed by atoms with van der Waals surface area (Å²) in [5.41, 5.74) is 19.2. The van der Waals surface area contributed by atoms with E-state index in [2.05, 4.69) is 239 Å². The van der Waals surface area contributed by atoms with Crippen LogP contribution in [0.25, 0.3) is 77.2 Å². The van der Waals surface area contributed by atoms with Crippen LogP contribution in [-0.4, -0.2) is 9.13 Å². The molecule has 0 bridgehead atoms. The van der Waals surface area contributed by atoms with Crippen LogP contribution < -0.4 is 9.80 Å². The standard InChI is InChI=1S/C68H48F2N4/c1-45-17-27-53(28-18-45)71(59-37-39-67-63(43-59)61-13-3-5-15-65(61)73(67)56-33-23-51(69)24-34-56)55-31-21-47(22-32-55)48-9-7-10-49(41-48)50-11-8-12-58(42-50)72(54-29-19-46(2)20-30-54)60-38-40-68-64(44-60)62-14-4-6-16-66(62)74(68)57-35-25-52(70)26-36-57/h3-44H,1-2H3. The van der Waals surface area contributed by atoms with E-state index in [-0.39, 0.29) is 11.6 Å². The van der Waals surface area contributed by atoms with E-state index >= 15 is 0 Å². The highest BCUT2D eigenvalue weighted by molar-refractivity contribution is 6.12. The van der Waals surface area contributed by atoms with E-state index in [1.807, 2.05) is 24.3 Å². The molecular weight excluding hydrogens is 911 g/mol. The maximum atomic E-state index is 14.1. The quantitative estimate of drug-likeness (QED) is 0.136. The summed E-state index contributed by atoms with van der Waals surface area (Å²) in [7, 11) is 0. The van der Waals surface area contributed by atoms with Crippen LogP contribution in [0.4, 0.5) is 42.9 Å². The molecule has 0 spiro atoms. The van der Waals surface area contributed by atoms with Crippen LogP contribution in [0.1, 0.15) is 11.1 Å². The van der Waals surface area contributed by atoms with E-state index in [4.69, 9.17) is 0 Å². The summed E-state index contributed by atoms with van der Waals surface area (Å²) in [6, 6.07) is 87.4. The van der Waals surface area contributed by atoms with Gasteiger partial charge in [-0.1, -0.05) is 114 Å². The molecule has 11 aromatic carbocycles. The average molecular weight is 959 g/mol. The highest BCUT2D eigenvalue weighted by Gasteiger charge is 2.20. The Labute approximate surface area is 428 Å². The number of fused-ring (bicyclic) bond motifs is 6. The molecule has 6 heteroatoms. The van der Waals surface area contributed by atoms with E-state index in [1.54, 1.807) is 0 Å². The molecule has 0 aliphatic carbocycles. The minimum Gasteiger partial charge on any atom is -0.310 e. The van der Waals surface area contributed by atoms with E-state index in [0.29, 0.717) is 0 Å². The fraction of sp³-hybridized carbons (Fsp3) is 0.0294. The van der Waals surface area contributed by atoms with E-state index in [9.17, 15) is 8.78 Å². The summed E-state index contributed by atoms with van der Waals surface area (Å²) < 4.78 is 32.6. The number of aryl methyl sites for hydroxylation is 2. The predicted molar refractivity (Wildman–Crippen MR) is 305 cm³/mol. The second-order valence-electron chi connectivity index (χ2n) is 19.1. The van der Waals surface area contributed by atoms with Gasteiger partial charge in [-0.15, -0.1) is 0 Å². The maximum Gasteiger partial charge on any atom is 0.123 e. The third-order valence-electron chi connectivity index (χ3n) is 14.3. The molecule has 2 heterocycles. The number of hydrogen-bond acceptors (Lipinski definition) is 2. The zero-order valence-electron chi connectivity index (χ0n) is 40.8. The van der Waals surface area contributed by atoms with Crippen molar-refractivity contribution in [1.29, 1.82) is 0 Å². The second-order valence-corrected chi connectivity index (χ2v) is 19.1. The first-order valence-corrected chi connectivity index (χ1v) is 24.9. The number of hydrogen-bond donors (Lipinski definition) is 0. The number of para-hydroxylation sites is 2. The molecule has 74 heavy (non-hydrogen) atoms. The van der Waals surface area contributed by atoms with Crippen molar-refractivity contribution < 1.29 is 8.78 Å². The highest BCUT2D eigenvalue weighted by Crippen LogP contribution is 2.43. The number of rotatable bonds is 10.